The van der Waals surface area contributed by atoms with E-state index in [4.69, 9.17) is 5.73 Å². The molecule has 0 amide bonds. The third kappa shape index (κ3) is 2.71. The maximum Gasteiger partial charge on any atom is 0.123 e. The third-order valence-corrected chi connectivity index (χ3v) is 5.47. The average molecular weight is 278 g/mol. The van der Waals surface area contributed by atoms with Crippen LogP contribution in [-0.4, -0.2) is 4.98 Å². The second kappa shape index (κ2) is 5.85. The van der Waals surface area contributed by atoms with Crippen LogP contribution >= 0.6 is 7.92 Å². The molecule has 1 aromatic heterocycles. The summed E-state index contributed by atoms with van der Waals surface area (Å²) in [5.41, 5.74) is 5.70. The molecule has 2 nitrogen and oxygen atoms in total. The smallest absolute Gasteiger partial charge is 0.123 e. The van der Waals surface area contributed by atoms with E-state index in [0.717, 1.165) is 0 Å². The van der Waals surface area contributed by atoms with E-state index in [2.05, 4.69) is 59.6 Å². The van der Waals surface area contributed by atoms with E-state index in [1.54, 1.807) is 0 Å². The molecule has 0 aliphatic heterocycles. The molecule has 0 bridgehead atoms. The van der Waals surface area contributed by atoms with Gasteiger partial charge in [0.15, 0.2) is 0 Å². The molecule has 3 aromatic rings. The van der Waals surface area contributed by atoms with Crippen molar-refractivity contribution >= 4 is 29.7 Å². The Morgan fingerprint density at radius 1 is 0.650 bits per heavy atom. The van der Waals surface area contributed by atoms with Gasteiger partial charge in [0.2, 0.25) is 0 Å². The van der Waals surface area contributed by atoms with Gasteiger partial charge in [-0.1, -0.05) is 60.7 Å². The molecule has 0 saturated heterocycles. The van der Waals surface area contributed by atoms with Gasteiger partial charge in [0, 0.05) is 11.5 Å². The molecule has 2 aromatic carbocycles. The van der Waals surface area contributed by atoms with Gasteiger partial charge in [-0.25, -0.2) is 4.98 Å². The standard InChI is InChI=1S/C17H15N2P/c18-17-12-11-16(13-19-17)20(14-7-3-1-4-8-14)15-9-5-2-6-10-15/h1-13H,(H2,18,19). The number of pyridine rings is 1. The number of nitrogen functional groups attached to an aromatic ring is 1. The van der Waals surface area contributed by atoms with E-state index in [0.29, 0.717) is 5.82 Å². The maximum absolute atomic E-state index is 5.70. The molecule has 0 atom stereocenters. The quantitative estimate of drug-likeness (QED) is 0.747. The Hall–Kier alpha value is -2.18. The van der Waals surface area contributed by atoms with Crippen molar-refractivity contribution in [2.24, 2.45) is 0 Å². The number of nitrogens with zero attached hydrogens (tertiary/aromatic N) is 1. The minimum Gasteiger partial charge on any atom is -0.384 e. The van der Waals surface area contributed by atoms with Gasteiger partial charge in [-0.05, 0) is 30.7 Å². The molecule has 0 saturated carbocycles. The molecule has 3 heteroatoms. The van der Waals surface area contributed by atoms with Gasteiger partial charge in [-0.2, -0.15) is 0 Å². The van der Waals surface area contributed by atoms with Gasteiger partial charge >= 0.3 is 0 Å². The second-order valence-corrected chi connectivity index (χ2v) is 6.67. The Morgan fingerprint density at radius 2 is 1.20 bits per heavy atom. The molecule has 0 radical (unpaired) electrons. The molecule has 0 fully saturated rings. The first-order chi connectivity index (χ1) is 9.84. The molecule has 0 unspecified atom stereocenters. The summed E-state index contributed by atoms with van der Waals surface area (Å²) in [5, 5.41) is 3.85. The molecule has 1 heterocycles. The fraction of sp³-hybridized carbons (Fsp3) is 0. The van der Waals surface area contributed by atoms with Gasteiger partial charge in [0.1, 0.15) is 5.82 Å². The van der Waals surface area contributed by atoms with Crippen molar-refractivity contribution in [3.63, 3.8) is 0 Å². The van der Waals surface area contributed by atoms with Gasteiger partial charge < -0.3 is 5.73 Å². The molecular weight excluding hydrogens is 263 g/mol. The first-order valence-electron chi connectivity index (χ1n) is 6.46. The van der Waals surface area contributed by atoms with Gasteiger partial charge in [-0.15, -0.1) is 0 Å². The van der Waals surface area contributed by atoms with Crippen molar-refractivity contribution in [2.75, 3.05) is 5.73 Å². The van der Waals surface area contributed by atoms with Crippen LogP contribution in [0.4, 0.5) is 5.82 Å². The largest absolute Gasteiger partial charge is 0.384 e. The zero-order chi connectivity index (χ0) is 13.8. The zero-order valence-corrected chi connectivity index (χ0v) is 11.9. The topological polar surface area (TPSA) is 38.9 Å². The van der Waals surface area contributed by atoms with Gasteiger partial charge in [0.05, 0.1) is 0 Å². The highest BCUT2D eigenvalue weighted by Gasteiger charge is 2.15. The Labute approximate surface area is 120 Å². The molecule has 2 N–H and O–H groups in total. The van der Waals surface area contributed by atoms with E-state index in [1.165, 1.54) is 15.9 Å². The van der Waals surface area contributed by atoms with Crippen molar-refractivity contribution in [3.05, 3.63) is 79.0 Å². The Morgan fingerprint density at radius 3 is 1.65 bits per heavy atom. The second-order valence-electron chi connectivity index (χ2n) is 4.45. The molecular formula is C17H15N2P. The lowest BCUT2D eigenvalue weighted by Gasteiger charge is -2.18. The molecule has 0 aliphatic carbocycles. The SMILES string of the molecule is Nc1ccc(P(c2ccccc2)c2ccccc2)cn1. The number of benzene rings is 2. The molecule has 0 spiro atoms. The van der Waals surface area contributed by atoms with Crippen molar-refractivity contribution in [1.82, 2.24) is 4.98 Å². The van der Waals surface area contributed by atoms with Crippen LogP contribution in [-0.2, 0) is 0 Å². The summed E-state index contributed by atoms with van der Waals surface area (Å²) < 4.78 is 0. The summed E-state index contributed by atoms with van der Waals surface area (Å²) in [6.07, 6.45) is 1.89. The lowest BCUT2D eigenvalue weighted by atomic mass is 10.4. The van der Waals surface area contributed by atoms with Gasteiger partial charge in [-0.3, -0.25) is 0 Å². The predicted molar refractivity (Wildman–Crippen MR) is 87.4 cm³/mol. The highest BCUT2D eigenvalue weighted by Crippen LogP contribution is 2.32. The normalized spacial score (nSPS) is 10.7. The highest BCUT2D eigenvalue weighted by atomic mass is 31.1. The minimum absolute atomic E-state index is 0.560. The summed E-state index contributed by atoms with van der Waals surface area (Å²) >= 11 is 0. The minimum atomic E-state index is -0.576. The van der Waals surface area contributed by atoms with Crippen molar-refractivity contribution in [2.45, 2.75) is 0 Å². The molecule has 0 aliphatic rings. The number of nitrogens with two attached hydrogens (primary N) is 1. The number of hydrogen-bond donors (Lipinski definition) is 1. The molecule has 3 rings (SSSR count). The van der Waals surface area contributed by atoms with E-state index < -0.39 is 7.92 Å². The summed E-state index contributed by atoms with van der Waals surface area (Å²) in [5.74, 6) is 0.560. The van der Waals surface area contributed by atoms with Crippen LogP contribution < -0.4 is 21.6 Å². The van der Waals surface area contributed by atoms with Crippen LogP contribution in [0.1, 0.15) is 0 Å². The number of rotatable bonds is 3. The van der Waals surface area contributed by atoms with E-state index in [-0.39, 0.29) is 0 Å². The molecule has 20 heavy (non-hydrogen) atoms. The third-order valence-electron chi connectivity index (χ3n) is 3.06. The van der Waals surface area contributed by atoms with E-state index in [1.807, 2.05) is 24.4 Å². The summed E-state index contributed by atoms with van der Waals surface area (Å²) in [7, 11) is -0.576. The Balaban J connectivity index is 2.11. The van der Waals surface area contributed by atoms with Crippen LogP contribution in [0.15, 0.2) is 79.0 Å². The summed E-state index contributed by atoms with van der Waals surface area (Å²) in [6.45, 7) is 0. The van der Waals surface area contributed by atoms with Crippen molar-refractivity contribution < 1.29 is 0 Å². The van der Waals surface area contributed by atoms with Crippen LogP contribution in [0.2, 0.25) is 0 Å². The van der Waals surface area contributed by atoms with Crippen LogP contribution in [0, 0.1) is 0 Å². The Bertz CT molecular complexity index is 627. The highest BCUT2D eigenvalue weighted by molar-refractivity contribution is 7.79. The lowest BCUT2D eigenvalue weighted by molar-refractivity contribution is 1.36. The lowest BCUT2D eigenvalue weighted by Crippen LogP contribution is -2.20. The fourth-order valence-corrected chi connectivity index (χ4v) is 4.36. The number of aromatic nitrogens is 1. The van der Waals surface area contributed by atoms with Crippen LogP contribution in [0.5, 0.6) is 0 Å². The zero-order valence-electron chi connectivity index (χ0n) is 11.0. The van der Waals surface area contributed by atoms with Crippen molar-refractivity contribution in [3.8, 4) is 0 Å². The Kier molecular flexibility index (Phi) is 3.76. The first kappa shape index (κ1) is 12.8. The maximum atomic E-state index is 5.70. The van der Waals surface area contributed by atoms with E-state index in [9.17, 15) is 0 Å². The average Bonchev–Trinajstić information content (AvgIpc) is 2.52. The number of anilines is 1. The van der Waals surface area contributed by atoms with Crippen LogP contribution in [0.25, 0.3) is 0 Å². The fourth-order valence-electron chi connectivity index (χ4n) is 2.13. The van der Waals surface area contributed by atoms with Crippen LogP contribution in [0.3, 0.4) is 0 Å². The number of hydrogen-bond acceptors (Lipinski definition) is 2. The van der Waals surface area contributed by atoms with E-state index >= 15 is 0 Å². The monoisotopic (exact) mass is 278 g/mol. The predicted octanol–water partition coefficient (Wildman–Crippen LogP) is 2.42. The van der Waals surface area contributed by atoms with Crippen molar-refractivity contribution in [1.29, 1.82) is 0 Å². The van der Waals surface area contributed by atoms with Gasteiger partial charge in [0.25, 0.3) is 0 Å². The molecule has 98 valence electrons. The summed E-state index contributed by atoms with van der Waals surface area (Å²) in [4.78, 5) is 4.25. The summed E-state index contributed by atoms with van der Waals surface area (Å²) in [6, 6.07) is 25.1. The first-order valence-corrected chi connectivity index (χ1v) is 7.80.